The fourth-order valence-electron chi connectivity index (χ4n) is 2.63. The maximum absolute atomic E-state index is 13.1. The van der Waals surface area contributed by atoms with Crippen molar-refractivity contribution in [2.45, 2.75) is 38.0 Å². The van der Waals surface area contributed by atoms with E-state index in [2.05, 4.69) is 20.8 Å². The first kappa shape index (κ1) is 15.8. The molecule has 0 unspecified atom stereocenters. The summed E-state index contributed by atoms with van der Waals surface area (Å²) >= 11 is 1.36. The summed E-state index contributed by atoms with van der Waals surface area (Å²) < 4.78 is 25.9. The SMILES string of the molecule is O=C(Nc1ccc(F)c(F)c1)Nc1nnc(C2CCCCC2)s1. The molecule has 0 aliphatic heterocycles. The topological polar surface area (TPSA) is 66.9 Å². The number of rotatable bonds is 3. The molecular formula is C15H16F2N4OS. The monoisotopic (exact) mass is 338 g/mol. The van der Waals surface area contributed by atoms with Gasteiger partial charge in [0.1, 0.15) is 5.01 Å². The molecule has 122 valence electrons. The number of amides is 2. The fraction of sp³-hybridized carbons (Fsp3) is 0.400. The van der Waals surface area contributed by atoms with Crippen LogP contribution in [0.3, 0.4) is 0 Å². The Labute approximate surface area is 136 Å². The number of carbonyl (C=O) groups excluding carboxylic acids is 1. The second-order valence-corrected chi connectivity index (χ2v) is 6.50. The summed E-state index contributed by atoms with van der Waals surface area (Å²) in [5.41, 5.74) is 0.165. The van der Waals surface area contributed by atoms with Gasteiger partial charge in [0.15, 0.2) is 11.6 Å². The van der Waals surface area contributed by atoms with Crippen LogP contribution in [0.2, 0.25) is 0 Å². The Balaban J connectivity index is 1.59. The standard InChI is InChI=1S/C15H16F2N4OS/c16-11-7-6-10(8-12(11)17)18-14(22)19-15-21-20-13(23-15)9-4-2-1-3-5-9/h6-9H,1-5H2,(H2,18,19,21,22). The van der Waals surface area contributed by atoms with Gasteiger partial charge in [-0.1, -0.05) is 30.6 Å². The minimum Gasteiger partial charge on any atom is -0.308 e. The Morgan fingerprint density at radius 3 is 2.61 bits per heavy atom. The van der Waals surface area contributed by atoms with Crippen LogP contribution in [0.1, 0.15) is 43.0 Å². The van der Waals surface area contributed by atoms with Gasteiger partial charge >= 0.3 is 6.03 Å². The number of nitrogens with one attached hydrogen (secondary N) is 2. The summed E-state index contributed by atoms with van der Waals surface area (Å²) in [6.45, 7) is 0. The minimum atomic E-state index is -1.02. The molecule has 0 saturated heterocycles. The summed E-state index contributed by atoms with van der Waals surface area (Å²) in [7, 11) is 0. The van der Waals surface area contributed by atoms with Gasteiger partial charge in [-0.25, -0.2) is 13.6 Å². The second-order valence-electron chi connectivity index (χ2n) is 5.49. The van der Waals surface area contributed by atoms with Gasteiger partial charge in [0, 0.05) is 17.7 Å². The number of anilines is 2. The number of urea groups is 1. The van der Waals surface area contributed by atoms with Gasteiger partial charge in [-0.3, -0.25) is 5.32 Å². The maximum atomic E-state index is 13.1. The smallest absolute Gasteiger partial charge is 0.308 e. The Kier molecular flexibility index (Phi) is 4.80. The summed E-state index contributed by atoms with van der Waals surface area (Å²) in [6.07, 6.45) is 5.87. The lowest BCUT2D eigenvalue weighted by Crippen LogP contribution is -2.19. The predicted octanol–water partition coefficient (Wildman–Crippen LogP) is 4.51. The average Bonchev–Trinajstić information content (AvgIpc) is 3.00. The molecule has 1 saturated carbocycles. The van der Waals surface area contributed by atoms with Crippen LogP contribution in [-0.4, -0.2) is 16.2 Å². The van der Waals surface area contributed by atoms with E-state index in [-0.39, 0.29) is 5.69 Å². The molecule has 1 aromatic carbocycles. The van der Waals surface area contributed by atoms with Crippen molar-refractivity contribution in [3.63, 3.8) is 0 Å². The Morgan fingerprint density at radius 2 is 1.87 bits per heavy atom. The van der Waals surface area contributed by atoms with Crippen LogP contribution in [0.4, 0.5) is 24.4 Å². The molecule has 0 spiro atoms. The fourth-order valence-corrected chi connectivity index (χ4v) is 3.54. The maximum Gasteiger partial charge on any atom is 0.325 e. The van der Waals surface area contributed by atoms with E-state index in [9.17, 15) is 13.6 Å². The van der Waals surface area contributed by atoms with Crippen molar-refractivity contribution in [2.24, 2.45) is 0 Å². The van der Waals surface area contributed by atoms with Crippen molar-refractivity contribution in [2.75, 3.05) is 10.6 Å². The largest absolute Gasteiger partial charge is 0.325 e. The average molecular weight is 338 g/mol. The van der Waals surface area contributed by atoms with Gasteiger partial charge in [0.2, 0.25) is 5.13 Å². The van der Waals surface area contributed by atoms with E-state index in [1.54, 1.807) is 0 Å². The lowest BCUT2D eigenvalue weighted by molar-refractivity contribution is 0.262. The quantitative estimate of drug-likeness (QED) is 0.865. The molecule has 0 radical (unpaired) electrons. The molecule has 1 fully saturated rings. The van der Waals surface area contributed by atoms with Crippen molar-refractivity contribution < 1.29 is 13.6 Å². The molecule has 0 bridgehead atoms. The second kappa shape index (κ2) is 6.99. The number of carbonyl (C=O) groups is 1. The van der Waals surface area contributed by atoms with Gasteiger partial charge in [-0.2, -0.15) is 0 Å². The third kappa shape index (κ3) is 4.01. The molecular weight excluding hydrogens is 322 g/mol. The van der Waals surface area contributed by atoms with Crippen molar-refractivity contribution in [1.29, 1.82) is 0 Å². The molecule has 8 heteroatoms. The van der Waals surface area contributed by atoms with E-state index in [1.807, 2.05) is 0 Å². The molecule has 0 atom stereocenters. The molecule has 2 aromatic rings. The van der Waals surface area contributed by atoms with Gasteiger partial charge in [-0.15, -0.1) is 10.2 Å². The number of benzene rings is 1. The summed E-state index contributed by atoms with van der Waals surface area (Å²) in [6, 6.07) is 2.59. The Bertz CT molecular complexity index is 701. The summed E-state index contributed by atoms with van der Waals surface area (Å²) in [5.74, 6) is -1.55. The van der Waals surface area contributed by atoms with Crippen LogP contribution in [0, 0.1) is 11.6 Å². The number of hydrogen-bond acceptors (Lipinski definition) is 4. The molecule has 1 aliphatic rings. The van der Waals surface area contributed by atoms with E-state index in [0.29, 0.717) is 11.0 Å². The zero-order valence-corrected chi connectivity index (χ0v) is 13.1. The third-order valence-corrected chi connectivity index (χ3v) is 4.79. The van der Waals surface area contributed by atoms with Crippen molar-refractivity contribution >= 4 is 28.2 Å². The normalized spacial score (nSPS) is 15.4. The van der Waals surface area contributed by atoms with Gasteiger partial charge in [0.25, 0.3) is 0 Å². The molecule has 5 nitrogen and oxygen atoms in total. The number of aromatic nitrogens is 2. The number of hydrogen-bond donors (Lipinski definition) is 2. The van der Waals surface area contributed by atoms with Crippen LogP contribution >= 0.6 is 11.3 Å². The van der Waals surface area contributed by atoms with Crippen LogP contribution in [-0.2, 0) is 0 Å². The zero-order valence-electron chi connectivity index (χ0n) is 12.3. The van der Waals surface area contributed by atoms with Crippen LogP contribution in [0.5, 0.6) is 0 Å². The highest BCUT2D eigenvalue weighted by molar-refractivity contribution is 7.15. The Morgan fingerprint density at radius 1 is 1.09 bits per heavy atom. The molecule has 1 heterocycles. The van der Waals surface area contributed by atoms with Crippen molar-refractivity contribution in [3.05, 3.63) is 34.8 Å². The first-order valence-corrected chi connectivity index (χ1v) is 8.30. The van der Waals surface area contributed by atoms with E-state index in [0.717, 1.165) is 30.0 Å². The van der Waals surface area contributed by atoms with Gasteiger partial charge in [0.05, 0.1) is 0 Å². The number of nitrogens with zero attached hydrogens (tertiary/aromatic N) is 2. The summed E-state index contributed by atoms with van der Waals surface area (Å²) in [5, 5.41) is 14.4. The third-order valence-electron chi connectivity index (χ3n) is 3.79. The highest BCUT2D eigenvalue weighted by atomic mass is 32.1. The van der Waals surface area contributed by atoms with E-state index >= 15 is 0 Å². The highest BCUT2D eigenvalue weighted by Crippen LogP contribution is 2.35. The zero-order chi connectivity index (χ0) is 16.2. The molecule has 2 N–H and O–H groups in total. The van der Waals surface area contributed by atoms with E-state index in [4.69, 9.17) is 0 Å². The highest BCUT2D eigenvalue weighted by Gasteiger charge is 2.20. The molecule has 1 aromatic heterocycles. The minimum absolute atomic E-state index is 0.165. The number of halogens is 2. The molecule has 2 amide bonds. The van der Waals surface area contributed by atoms with Crippen LogP contribution in [0.25, 0.3) is 0 Å². The van der Waals surface area contributed by atoms with Crippen LogP contribution in [0.15, 0.2) is 18.2 Å². The Hall–Kier alpha value is -2.09. The van der Waals surface area contributed by atoms with Gasteiger partial charge in [-0.05, 0) is 25.0 Å². The predicted molar refractivity (Wildman–Crippen MR) is 84.7 cm³/mol. The van der Waals surface area contributed by atoms with Crippen molar-refractivity contribution in [1.82, 2.24) is 10.2 Å². The lowest BCUT2D eigenvalue weighted by Gasteiger charge is -2.18. The first-order valence-electron chi connectivity index (χ1n) is 7.48. The van der Waals surface area contributed by atoms with E-state index < -0.39 is 17.7 Å². The van der Waals surface area contributed by atoms with E-state index in [1.165, 1.54) is 36.7 Å². The summed E-state index contributed by atoms with van der Waals surface area (Å²) in [4.78, 5) is 11.9. The lowest BCUT2D eigenvalue weighted by atomic mass is 9.90. The first-order chi connectivity index (χ1) is 11.1. The molecule has 23 heavy (non-hydrogen) atoms. The van der Waals surface area contributed by atoms with Gasteiger partial charge < -0.3 is 5.32 Å². The van der Waals surface area contributed by atoms with Crippen LogP contribution < -0.4 is 10.6 Å². The molecule has 1 aliphatic carbocycles. The molecule has 3 rings (SSSR count). The van der Waals surface area contributed by atoms with Crippen molar-refractivity contribution in [3.8, 4) is 0 Å².